The van der Waals surface area contributed by atoms with E-state index >= 15 is 0 Å². The summed E-state index contributed by atoms with van der Waals surface area (Å²) in [5, 5.41) is 9.47. The number of rotatable bonds is 1. The number of nitrogens with zero attached hydrogens (tertiary/aromatic N) is 1. The second-order valence-electron chi connectivity index (χ2n) is 2.08. The molecule has 0 fully saturated rings. The zero-order chi connectivity index (χ0) is 10.2. The van der Waals surface area contributed by atoms with Crippen LogP contribution in [0.4, 0.5) is 14.5 Å². The topological polar surface area (TPSA) is 43.1 Å². The van der Waals surface area contributed by atoms with Crippen molar-refractivity contribution >= 4 is 33.2 Å². The van der Waals surface area contributed by atoms with Gasteiger partial charge in [0.25, 0.3) is 5.69 Å². The summed E-state index contributed by atoms with van der Waals surface area (Å²) in [6, 6.07) is 0.551. The molecule has 1 aromatic rings. The first-order valence-corrected chi connectivity index (χ1v) is 4.09. The van der Waals surface area contributed by atoms with Gasteiger partial charge in [0.1, 0.15) is 9.50 Å². The number of benzene rings is 1. The molecule has 0 saturated heterocycles. The Kier molecular flexibility index (Phi) is 2.82. The molecule has 70 valence electrons. The first-order chi connectivity index (χ1) is 5.95. The maximum atomic E-state index is 12.9. The fourth-order valence-electron chi connectivity index (χ4n) is 0.693. The van der Waals surface area contributed by atoms with Crippen LogP contribution in [0.1, 0.15) is 0 Å². The van der Waals surface area contributed by atoms with E-state index in [0.717, 1.165) is 0 Å². The SMILES string of the molecule is O=[N+]([O-])c1cc(F)c(Cl)c(F)c1Br. The van der Waals surface area contributed by atoms with Crippen LogP contribution in [0.3, 0.4) is 0 Å². The molecule has 0 heterocycles. The van der Waals surface area contributed by atoms with E-state index in [2.05, 4.69) is 15.9 Å². The molecule has 0 bridgehead atoms. The maximum absolute atomic E-state index is 12.9. The molecule has 0 unspecified atom stereocenters. The summed E-state index contributed by atoms with van der Waals surface area (Å²) in [6.07, 6.45) is 0. The Morgan fingerprint density at radius 1 is 1.54 bits per heavy atom. The van der Waals surface area contributed by atoms with Crippen LogP contribution in [-0.2, 0) is 0 Å². The molecule has 0 amide bonds. The van der Waals surface area contributed by atoms with Gasteiger partial charge in [0.2, 0.25) is 0 Å². The van der Waals surface area contributed by atoms with Crippen LogP contribution in [0, 0.1) is 21.7 Å². The Labute approximate surface area is 84.6 Å². The molecule has 1 rings (SSSR count). The minimum absolute atomic E-state index is 0.455. The molecule has 1 aromatic carbocycles. The summed E-state index contributed by atoms with van der Waals surface area (Å²) >= 11 is 7.75. The van der Waals surface area contributed by atoms with E-state index in [1.165, 1.54) is 0 Å². The lowest BCUT2D eigenvalue weighted by Gasteiger charge is -1.99. The number of nitro groups is 1. The molecule has 0 aliphatic heterocycles. The summed E-state index contributed by atoms with van der Waals surface area (Å²) in [6.45, 7) is 0. The van der Waals surface area contributed by atoms with Crippen molar-refractivity contribution < 1.29 is 13.7 Å². The summed E-state index contributed by atoms with van der Waals surface area (Å²) in [7, 11) is 0. The van der Waals surface area contributed by atoms with Crippen molar-refractivity contribution in [3.05, 3.63) is 37.3 Å². The van der Waals surface area contributed by atoms with Gasteiger partial charge in [-0.05, 0) is 15.9 Å². The Hall–Kier alpha value is -0.750. The van der Waals surface area contributed by atoms with Crippen LogP contribution in [0.2, 0.25) is 5.02 Å². The molecular formula is C6HBrClF2NO2. The van der Waals surface area contributed by atoms with Gasteiger partial charge in [-0.25, -0.2) is 8.78 Å². The number of hydrogen-bond acceptors (Lipinski definition) is 2. The lowest BCUT2D eigenvalue weighted by Crippen LogP contribution is -1.95. The van der Waals surface area contributed by atoms with Crippen molar-refractivity contribution in [3.8, 4) is 0 Å². The third-order valence-corrected chi connectivity index (χ3v) is 2.38. The van der Waals surface area contributed by atoms with Crippen molar-refractivity contribution in [2.45, 2.75) is 0 Å². The van der Waals surface area contributed by atoms with E-state index in [0.29, 0.717) is 6.07 Å². The van der Waals surface area contributed by atoms with E-state index in [4.69, 9.17) is 11.6 Å². The van der Waals surface area contributed by atoms with Crippen LogP contribution in [-0.4, -0.2) is 4.92 Å². The zero-order valence-electron chi connectivity index (χ0n) is 5.85. The van der Waals surface area contributed by atoms with Crippen LogP contribution in [0.5, 0.6) is 0 Å². The van der Waals surface area contributed by atoms with Crippen molar-refractivity contribution in [3.63, 3.8) is 0 Å². The third kappa shape index (κ3) is 1.78. The van der Waals surface area contributed by atoms with E-state index in [1.807, 2.05) is 0 Å². The lowest BCUT2D eigenvalue weighted by molar-refractivity contribution is -0.386. The van der Waals surface area contributed by atoms with Crippen LogP contribution in [0.15, 0.2) is 10.5 Å². The molecule has 0 radical (unpaired) electrons. The Morgan fingerprint density at radius 3 is 2.54 bits per heavy atom. The molecule has 0 aromatic heterocycles. The molecule has 0 atom stereocenters. The van der Waals surface area contributed by atoms with Crippen LogP contribution < -0.4 is 0 Å². The highest BCUT2D eigenvalue weighted by Gasteiger charge is 2.22. The second-order valence-corrected chi connectivity index (χ2v) is 3.25. The number of halogens is 4. The van der Waals surface area contributed by atoms with Crippen molar-refractivity contribution in [2.24, 2.45) is 0 Å². The first kappa shape index (κ1) is 10.3. The fraction of sp³-hybridized carbons (Fsp3) is 0. The van der Waals surface area contributed by atoms with Gasteiger partial charge in [0, 0.05) is 0 Å². The summed E-state index contributed by atoms with van der Waals surface area (Å²) in [5.41, 5.74) is -0.695. The fourth-order valence-corrected chi connectivity index (χ4v) is 1.41. The molecule has 0 aliphatic carbocycles. The van der Waals surface area contributed by atoms with Crippen molar-refractivity contribution in [2.75, 3.05) is 0 Å². The molecule has 3 nitrogen and oxygen atoms in total. The summed E-state index contributed by atoms with van der Waals surface area (Å²) in [4.78, 5) is 9.33. The van der Waals surface area contributed by atoms with Crippen molar-refractivity contribution in [1.29, 1.82) is 0 Å². The average Bonchev–Trinajstić information content (AvgIpc) is 2.07. The highest BCUT2D eigenvalue weighted by atomic mass is 79.9. The predicted octanol–water partition coefficient (Wildman–Crippen LogP) is 3.29. The van der Waals surface area contributed by atoms with Gasteiger partial charge >= 0.3 is 0 Å². The molecule has 7 heteroatoms. The standard InChI is InChI=1S/C6HBrClF2NO2/c7-4-3(11(12)13)1-2(9)5(8)6(4)10/h1H. The maximum Gasteiger partial charge on any atom is 0.289 e. The third-order valence-electron chi connectivity index (χ3n) is 1.28. The number of nitro benzene ring substituents is 1. The largest absolute Gasteiger partial charge is 0.289 e. The highest BCUT2D eigenvalue weighted by Crippen LogP contribution is 2.33. The van der Waals surface area contributed by atoms with Gasteiger partial charge in [-0.1, -0.05) is 11.6 Å². The first-order valence-electron chi connectivity index (χ1n) is 2.92. The molecule has 0 spiro atoms. The quantitative estimate of drug-likeness (QED) is 0.341. The monoisotopic (exact) mass is 271 g/mol. The molecule has 0 saturated carbocycles. The molecule has 0 N–H and O–H groups in total. The highest BCUT2D eigenvalue weighted by molar-refractivity contribution is 9.10. The minimum atomic E-state index is -1.17. The van der Waals surface area contributed by atoms with Gasteiger partial charge in [-0.15, -0.1) is 0 Å². The van der Waals surface area contributed by atoms with Gasteiger partial charge < -0.3 is 0 Å². The second kappa shape index (κ2) is 3.55. The van der Waals surface area contributed by atoms with E-state index < -0.39 is 31.7 Å². The van der Waals surface area contributed by atoms with Gasteiger partial charge in [0.05, 0.1) is 11.0 Å². The smallest absolute Gasteiger partial charge is 0.258 e. The van der Waals surface area contributed by atoms with Crippen LogP contribution in [0.25, 0.3) is 0 Å². The molecule has 0 aliphatic rings. The van der Waals surface area contributed by atoms with Gasteiger partial charge in [-0.2, -0.15) is 0 Å². The molecular weight excluding hydrogens is 271 g/mol. The Bertz CT molecular complexity index is 385. The lowest BCUT2D eigenvalue weighted by atomic mass is 10.3. The van der Waals surface area contributed by atoms with Gasteiger partial charge in [-0.3, -0.25) is 10.1 Å². The summed E-state index contributed by atoms with van der Waals surface area (Å²) in [5.74, 6) is -2.33. The van der Waals surface area contributed by atoms with E-state index in [1.54, 1.807) is 0 Å². The average molecular weight is 272 g/mol. The Balaban J connectivity index is 3.50. The van der Waals surface area contributed by atoms with Crippen LogP contribution >= 0.6 is 27.5 Å². The molecule has 13 heavy (non-hydrogen) atoms. The predicted molar refractivity (Wildman–Crippen MR) is 45.7 cm³/mol. The van der Waals surface area contributed by atoms with Crippen molar-refractivity contribution in [1.82, 2.24) is 0 Å². The van der Waals surface area contributed by atoms with E-state index in [9.17, 15) is 18.9 Å². The zero-order valence-corrected chi connectivity index (χ0v) is 8.19. The minimum Gasteiger partial charge on any atom is -0.258 e. The number of hydrogen-bond donors (Lipinski definition) is 0. The summed E-state index contributed by atoms with van der Waals surface area (Å²) < 4.78 is 25.1. The van der Waals surface area contributed by atoms with Gasteiger partial charge in [0.15, 0.2) is 11.6 Å². The van der Waals surface area contributed by atoms with E-state index in [-0.39, 0.29) is 0 Å². The normalized spacial score (nSPS) is 10.2. The Morgan fingerprint density at radius 2 is 2.08 bits per heavy atom.